The first-order valence-electron chi connectivity index (χ1n) is 6.37. The van der Waals surface area contributed by atoms with E-state index in [2.05, 4.69) is 29.3 Å². The van der Waals surface area contributed by atoms with Gasteiger partial charge in [0.2, 0.25) is 5.89 Å². The molecule has 2 rings (SSSR count). The maximum atomic E-state index is 5.35. The molecule has 0 saturated carbocycles. The van der Waals surface area contributed by atoms with Gasteiger partial charge in [-0.1, -0.05) is 25.4 Å². The Morgan fingerprint density at radius 3 is 3.12 bits per heavy atom. The van der Waals surface area contributed by atoms with E-state index in [1.165, 1.54) is 19.3 Å². The lowest BCUT2D eigenvalue weighted by Gasteiger charge is -2.26. The molecule has 90 valence electrons. The Morgan fingerprint density at radius 1 is 1.50 bits per heavy atom. The largest absolute Gasteiger partial charge is 0.338 e. The van der Waals surface area contributed by atoms with E-state index in [9.17, 15) is 0 Å². The van der Waals surface area contributed by atoms with Crippen LogP contribution in [0.5, 0.6) is 0 Å². The molecule has 0 spiro atoms. The molecule has 0 aliphatic carbocycles. The third-order valence-electron chi connectivity index (χ3n) is 3.27. The Balaban J connectivity index is 1.99. The standard InChI is InChI=1S/C12H21N3O/c1-3-4-7-10-14-12(16-15-10)11-9(2)6-5-8-13-11/h9,11,13H,3-8H2,1-2H3. The van der Waals surface area contributed by atoms with Crippen LogP contribution < -0.4 is 5.32 Å². The Kier molecular flexibility index (Phi) is 3.93. The lowest BCUT2D eigenvalue weighted by atomic mass is 9.93. The molecule has 1 aliphatic rings. The second kappa shape index (κ2) is 5.43. The average Bonchev–Trinajstić information content (AvgIpc) is 2.75. The molecular weight excluding hydrogens is 202 g/mol. The van der Waals surface area contributed by atoms with E-state index in [0.717, 1.165) is 31.1 Å². The Morgan fingerprint density at radius 2 is 2.38 bits per heavy atom. The number of piperidine rings is 1. The molecule has 0 amide bonds. The van der Waals surface area contributed by atoms with E-state index < -0.39 is 0 Å². The van der Waals surface area contributed by atoms with Crippen molar-refractivity contribution in [3.05, 3.63) is 11.7 Å². The van der Waals surface area contributed by atoms with Crippen molar-refractivity contribution in [1.29, 1.82) is 0 Å². The fourth-order valence-electron chi connectivity index (χ4n) is 2.21. The molecule has 4 heteroatoms. The summed E-state index contributed by atoms with van der Waals surface area (Å²) in [4.78, 5) is 4.48. The molecule has 0 aromatic carbocycles. The van der Waals surface area contributed by atoms with Gasteiger partial charge < -0.3 is 9.84 Å². The molecule has 1 fully saturated rings. The predicted octanol–water partition coefficient (Wildman–Crippen LogP) is 2.47. The van der Waals surface area contributed by atoms with E-state index in [-0.39, 0.29) is 6.04 Å². The first kappa shape index (κ1) is 11.6. The van der Waals surface area contributed by atoms with Crippen molar-refractivity contribution in [1.82, 2.24) is 15.5 Å². The molecule has 1 aromatic heterocycles. The van der Waals surface area contributed by atoms with Gasteiger partial charge in [0.25, 0.3) is 0 Å². The number of aromatic nitrogens is 2. The summed E-state index contributed by atoms with van der Waals surface area (Å²) in [6.45, 7) is 5.47. The van der Waals surface area contributed by atoms with Gasteiger partial charge in [-0.2, -0.15) is 4.98 Å². The smallest absolute Gasteiger partial charge is 0.244 e. The van der Waals surface area contributed by atoms with Gasteiger partial charge in [0.1, 0.15) is 0 Å². The molecule has 16 heavy (non-hydrogen) atoms. The predicted molar refractivity (Wildman–Crippen MR) is 62.1 cm³/mol. The number of aryl methyl sites for hydroxylation is 1. The fourth-order valence-corrected chi connectivity index (χ4v) is 2.21. The summed E-state index contributed by atoms with van der Waals surface area (Å²) in [6, 6.07) is 0.261. The zero-order valence-corrected chi connectivity index (χ0v) is 10.2. The summed E-state index contributed by atoms with van der Waals surface area (Å²) in [5.41, 5.74) is 0. The Labute approximate surface area is 96.8 Å². The van der Waals surface area contributed by atoms with Crippen LogP contribution in [0.4, 0.5) is 0 Å². The molecule has 2 atom stereocenters. The summed E-state index contributed by atoms with van der Waals surface area (Å²) < 4.78 is 5.35. The molecule has 1 aliphatic heterocycles. The highest BCUT2D eigenvalue weighted by molar-refractivity contribution is 4.96. The molecular formula is C12H21N3O. The van der Waals surface area contributed by atoms with Crippen LogP contribution in [-0.2, 0) is 6.42 Å². The van der Waals surface area contributed by atoms with Gasteiger partial charge in [-0.25, -0.2) is 0 Å². The van der Waals surface area contributed by atoms with Crippen LogP contribution in [0.1, 0.15) is 57.3 Å². The summed E-state index contributed by atoms with van der Waals surface area (Å²) in [5, 5.41) is 7.50. The number of unbranched alkanes of at least 4 members (excludes halogenated alkanes) is 1. The monoisotopic (exact) mass is 223 g/mol. The van der Waals surface area contributed by atoms with Crippen LogP contribution in [0.2, 0.25) is 0 Å². The van der Waals surface area contributed by atoms with Crippen LogP contribution in [-0.4, -0.2) is 16.7 Å². The minimum absolute atomic E-state index is 0.261. The van der Waals surface area contributed by atoms with Crippen molar-refractivity contribution >= 4 is 0 Å². The van der Waals surface area contributed by atoms with Gasteiger partial charge in [0, 0.05) is 6.42 Å². The SMILES string of the molecule is CCCCc1noc(C2NCCCC2C)n1. The number of nitrogens with zero attached hydrogens (tertiary/aromatic N) is 2. The molecule has 0 bridgehead atoms. The second-order valence-corrected chi connectivity index (χ2v) is 4.70. The van der Waals surface area contributed by atoms with Crippen LogP contribution in [0.3, 0.4) is 0 Å². The lowest BCUT2D eigenvalue weighted by Crippen LogP contribution is -2.33. The van der Waals surface area contributed by atoms with Crippen molar-refractivity contribution in [3.8, 4) is 0 Å². The normalized spacial score (nSPS) is 25.9. The first-order valence-corrected chi connectivity index (χ1v) is 6.37. The zero-order valence-electron chi connectivity index (χ0n) is 10.2. The van der Waals surface area contributed by atoms with Gasteiger partial charge in [0.15, 0.2) is 5.82 Å². The van der Waals surface area contributed by atoms with Crippen LogP contribution >= 0.6 is 0 Å². The minimum Gasteiger partial charge on any atom is -0.338 e. The second-order valence-electron chi connectivity index (χ2n) is 4.70. The molecule has 4 nitrogen and oxygen atoms in total. The summed E-state index contributed by atoms with van der Waals surface area (Å²) in [7, 11) is 0. The van der Waals surface area contributed by atoms with Crippen LogP contribution in [0.15, 0.2) is 4.52 Å². The van der Waals surface area contributed by atoms with Crippen molar-refractivity contribution in [2.75, 3.05) is 6.54 Å². The lowest BCUT2D eigenvalue weighted by molar-refractivity contribution is 0.239. The summed E-state index contributed by atoms with van der Waals surface area (Å²) in [5.74, 6) is 2.22. The van der Waals surface area contributed by atoms with Gasteiger partial charge >= 0.3 is 0 Å². The van der Waals surface area contributed by atoms with Crippen molar-refractivity contribution < 1.29 is 4.52 Å². The van der Waals surface area contributed by atoms with E-state index in [0.29, 0.717) is 5.92 Å². The topological polar surface area (TPSA) is 51.0 Å². The zero-order chi connectivity index (χ0) is 11.4. The van der Waals surface area contributed by atoms with Crippen molar-refractivity contribution in [2.24, 2.45) is 5.92 Å². The third-order valence-corrected chi connectivity index (χ3v) is 3.27. The van der Waals surface area contributed by atoms with Gasteiger partial charge in [-0.3, -0.25) is 0 Å². The minimum atomic E-state index is 0.261. The van der Waals surface area contributed by atoms with Gasteiger partial charge in [0.05, 0.1) is 6.04 Å². The fraction of sp³-hybridized carbons (Fsp3) is 0.833. The van der Waals surface area contributed by atoms with E-state index in [4.69, 9.17) is 4.52 Å². The van der Waals surface area contributed by atoms with E-state index in [1.54, 1.807) is 0 Å². The molecule has 1 aromatic rings. The number of hydrogen-bond acceptors (Lipinski definition) is 4. The highest BCUT2D eigenvalue weighted by atomic mass is 16.5. The average molecular weight is 223 g/mol. The van der Waals surface area contributed by atoms with E-state index >= 15 is 0 Å². The molecule has 1 saturated heterocycles. The highest BCUT2D eigenvalue weighted by Gasteiger charge is 2.27. The van der Waals surface area contributed by atoms with Crippen molar-refractivity contribution in [3.63, 3.8) is 0 Å². The van der Waals surface area contributed by atoms with Gasteiger partial charge in [-0.15, -0.1) is 0 Å². The number of hydrogen-bond donors (Lipinski definition) is 1. The molecule has 1 N–H and O–H groups in total. The third kappa shape index (κ3) is 2.61. The molecule has 2 unspecified atom stereocenters. The van der Waals surface area contributed by atoms with Crippen LogP contribution in [0, 0.1) is 5.92 Å². The summed E-state index contributed by atoms with van der Waals surface area (Å²) in [6.07, 6.45) is 5.72. The summed E-state index contributed by atoms with van der Waals surface area (Å²) >= 11 is 0. The van der Waals surface area contributed by atoms with E-state index in [1.807, 2.05) is 0 Å². The Bertz CT molecular complexity index is 324. The number of rotatable bonds is 4. The van der Waals surface area contributed by atoms with Gasteiger partial charge in [-0.05, 0) is 31.7 Å². The maximum absolute atomic E-state index is 5.35. The maximum Gasteiger partial charge on any atom is 0.244 e. The molecule has 0 radical (unpaired) electrons. The highest BCUT2D eigenvalue weighted by Crippen LogP contribution is 2.27. The molecule has 2 heterocycles. The quantitative estimate of drug-likeness (QED) is 0.852. The van der Waals surface area contributed by atoms with Crippen LogP contribution in [0.25, 0.3) is 0 Å². The van der Waals surface area contributed by atoms with Crippen molar-refractivity contribution in [2.45, 2.75) is 52.0 Å². The number of nitrogens with one attached hydrogen (secondary N) is 1. The first-order chi connectivity index (χ1) is 7.81. The Hall–Kier alpha value is -0.900.